The van der Waals surface area contributed by atoms with Crippen LogP contribution in [0.15, 0.2) is 24.3 Å². The van der Waals surface area contributed by atoms with Crippen LogP contribution in [0.4, 0.5) is 4.39 Å². The Morgan fingerprint density at radius 2 is 2.00 bits per heavy atom. The molecule has 7 nitrogen and oxygen atoms in total. The van der Waals surface area contributed by atoms with Crippen molar-refractivity contribution in [3.05, 3.63) is 46.3 Å². The van der Waals surface area contributed by atoms with E-state index in [0.717, 1.165) is 5.56 Å². The summed E-state index contributed by atoms with van der Waals surface area (Å²) in [6.07, 6.45) is 1.34. The molecule has 1 N–H and O–H groups in total. The number of piperidine rings is 1. The maximum absolute atomic E-state index is 13.5. The van der Waals surface area contributed by atoms with E-state index in [1.54, 1.807) is 19.1 Å². The highest BCUT2D eigenvalue weighted by atomic mass is 32.1. The Balaban J connectivity index is 1.70. The normalized spacial score (nSPS) is 17.1. The highest BCUT2D eigenvalue weighted by Crippen LogP contribution is 2.41. The number of hydrogen-bond donors (Lipinski definition) is 1. The Kier molecular flexibility index (Phi) is 5.03. The predicted octanol–water partition coefficient (Wildman–Crippen LogP) is 2.92. The number of carbonyl (C=O) groups excluding carboxylic acids is 1. The molecule has 0 saturated carbocycles. The van der Waals surface area contributed by atoms with Gasteiger partial charge < -0.3 is 9.84 Å². The first-order chi connectivity index (χ1) is 13.5. The Morgan fingerprint density at radius 1 is 1.32 bits per heavy atom. The van der Waals surface area contributed by atoms with Gasteiger partial charge in [-0.15, -0.1) is 5.10 Å². The second-order valence-corrected chi connectivity index (χ2v) is 7.94. The number of likely N-dealkylation sites (tertiary alicyclic amines) is 1. The Morgan fingerprint density at radius 3 is 2.61 bits per heavy atom. The summed E-state index contributed by atoms with van der Waals surface area (Å²) >= 11 is 1.37. The fourth-order valence-electron chi connectivity index (χ4n) is 3.76. The van der Waals surface area contributed by atoms with E-state index in [1.807, 2.05) is 0 Å². The molecule has 1 atom stereocenters. The van der Waals surface area contributed by atoms with Gasteiger partial charge >= 0.3 is 5.97 Å². The molecular formula is C19H21FN4O3S. The number of thiazole rings is 1. The minimum atomic E-state index is -0.311. The van der Waals surface area contributed by atoms with Gasteiger partial charge in [-0.25, -0.2) is 9.37 Å². The Labute approximate surface area is 165 Å². The van der Waals surface area contributed by atoms with Crippen molar-refractivity contribution in [1.82, 2.24) is 19.5 Å². The van der Waals surface area contributed by atoms with Crippen LogP contribution in [-0.2, 0) is 9.53 Å². The summed E-state index contributed by atoms with van der Waals surface area (Å²) in [6, 6.07) is 6.02. The lowest BCUT2D eigenvalue weighted by Crippen LogP contribution is -2.39. The van der Waals surface area contributed by atoms with E-state index in [1.165, 1.54) is 35.1 Å². The summed E-state index contributed by atoms with van der Waals surface area (Å²) in [5.74, 6) is 0.0218. The fourth-order valence-corrected chi connectivity index (χ4v) is 4.92. The zero-order valence-corrected chi connectivity index (χ0v) is 16.4. The van der Waals surface area contributed by atoms with E-state index in [-0.39, 0.29) is 29.6 Å². The Hall–Kier alpha value is -2.52. The van der Waals surface area contributed by atoms with E-state index in [4.69, 9.17) is 4.74 Å². The molecule has 28 heavy (non-hydrogen) atoms. The summed E-state index contributed by atoms with van der Waals surface area (Å²) in [6.45, 7) is 3.09. The minimum Gasteiger partial charge on any atom is -0.492 e. The summed E-state index contributed by atoms with van der Waals surface area (Å²) in [4.78, 5) is 19.7. The number of fused-ring (bicyclic) bond motifs is 1. The van der Waals surface area contributed by atoms with Crippen LogP contribution in [0.5, 0.6) is 5.88 Å². The van der Waals surface area contributed by atoms with E-state index in [9.17, 15) is 14.3 Å². The van der Waals surface area contributed by atoms with Crippen LogP contribution < -0.4 is 0 Å². The van der Waals surface area contributed by atoms with E-state index < -0.39 is 0 Å². The first-order valence-electron chi connectivity index (χ1n) is 9.10. The van der Waals surface area contributed by atoms with Crippen molar-refractivity contribution in [2.24, 2.45) is 5.92 Å². The van der Waals surface area contributed by atoms with Crippen LogP contribution in [-0.4, -0.2) is 50.8 Å². The summed E-state index contributed by atoms with van der Waals surface area (Å²) < 4.78 is 19.8. The molecule has 1 unspecified atom stereocenters. The average Bonchev–Trinajstić information content (AvgIpc) is 3.21. The molecule has 1 saturated heterocycles. The number of ether oxygens (including phenoxy) is 1. The van der Waals surface area contributed by atoms with Gasteiger partial charge in [0.05, 0.1) is 23.9 Å². The van der Waals surface area contributed by atoms with Gasteiger partial charge in [-0.2, -0.15) is 4.52 Å². The molecule has 3 aromatic rings. The number of halogens is 1. The average molecular weight is 404 g/mol. The van der Waals surface area contributed by atoms with Crippen LogP contribution in [0.3, 0.4) is 0 Å². The Bertz CT molecular complexity index is 993. The maximum atomic E-state index is 13.5. The van der Waals surface area contributed by atoms with Crippen LogP contribution in [0, 0.1) is 18.7 Å². The first-order valence-corrected chi connectivity index (χ1v) is 9.92. The molecule has 0 aliphatic carbocycles. The van der Waals surface area contributed by atoms with Crippen molar-refractivity contribution in [2.75, 3.05) is 20.2 Å². The summed E-state index contributed by atoms with van der Waals surface area (Å²) in [7, 11) is 1.41. The molecule has 4 rings (SSSR count). The number of aromatic hydroxyl groups is 1. The van der Waals surface area contributed by atoms with Crippen LogP contribution in [0.1, 0.15) is 35.1 Å². The van der Waals surface area contributed by atoms with E-state index in [2.05, 4.69) is 15.0 Å². The lowest BCUT2D eigenvalue weighted by Gasteiger charge is -2.36. The van der Waals surface area contributed by atoms with Crippen molar-refractivity contribution in [2.45, 2.75) is 25.8 Å². The van der Waals surface area contributed by atoms with Crippen molar-refractivity contribution in [1.29, 1.82) is 0 Å². The molecule has 1 aliphatic heterocycles. The molecular weight excluding hydrogens is 383 g/mol. The maximum Gasteiger partial charge on any atom is 0.308 e. The lowest BCUT2D eigenvalue weighted by atomic mass is 9.93. The summed E-state index contributed by atoms with van der Waals surface area (Å²) in [5, 5.41) is 15.0. The molecule has 1 aliphatic rings. The zero-order chi connectivity index (χ0) is 19.8. The predicted molar refractivity (Wildman–Crippen MR) is 102 cm³/mol. The first kappa shape index (κ1) is 18.8. The number of aryl methyl sites for hydroxylation is 1. The number of rotatable bonds is 4. The van der Waals surface area contributed by atoms with Gasteiger partial charge in [-0.05, 0) is 50.6 Å². The monoisotopic (exact) mass is 404 g/mol. The molecule has 1 fully saturated rings. The topological polar surface area (TPSA) is 80.0 Å². The summed E-state index contributed by atoms with van der Waals surface area (Å²) in [5.41, 5.74) is 0.870. The molecule has 0 spiro atoms. The lowest BCUT2D eigenvalue weighted by molar-refractivity contribution is -0.147. The third-order valence-electron chi connectivity index (χ3n) is 5.17. The van der Waals surface area contributed by atoms with Crippen LogP contribution in [0.2, 0.25) is 0 Å². The van der Waals surface area contributed by atoms with Gasteiger partial charge in [0.2, 0.25) is 10.8 Å². The molecule has 0 amide bonds. The molecule has 9 heteroatoms. The van der Waals surface area contributed by atoms with Crippen LogP contribution in [0.25, 0.3) is 4.96 Å². The van der Waals surface area contributed by atoms with Gasteiger partial charge in [-0.3, -0.25) is 9.69 Å². The molecule has 0 radical (unpaired) electrons. The number of methoxy groups -OCH3 is 1. The highest BCUT2D eigenvalue weighted by molar-refractivity contribution is 7.17. The number of nitrogens with zero attached hydrogens (tertiary/aromatic N) is 4. The number of esters is 1. The van der Waals surface area contributed by atoms with Crippen molar-refractivity contribution in [3.63, 3.8) is 0 Å². The number of hydrogen-bond acceptors (Lipinski definition) is 7. The number of carbonyl (C=O) groups is 1. The quantitative estimate of drug-likeness (QED) is 0.674. The largest absolute Gasteiger partial charge is 0.492 e. The molecule has 2 aromatic heterocycles. The second kappa shape index (κ2) is 7.48. The number of benzene rings is 1. The van der Waals surface area contributed by atoms with Gasteiger partial charge in [0.1, 0.15) is 11.6 Å². The van der Waals surface area contributed by atoms with Crippen molar-refractivity contribution in [3.8, 4) is 5.88 Å². The number of aromatic nitrogens is 3. The van der Waals surface area contributed by atoms with Gasteiger partial charge in [-0.1, -0.05) is 23.5 Å². The third-order valence-corrected chi connectivity index (χ3v) is 6.24. The minimum absolute atomic E-state index is 0.0463. The fraction of sp³-hybridized carbons (Fsp3) is 0.421. The third kappa shape index (κ3) is 3.35. The van der Waals surface area contributed by atoms with Crippen LogP contribution >= 0.6 is 11.3 Å². The van der Waals surface area contributed by atoms with Gasteiger partial charge in [0.15, 0.2) is 0 Å². The molecule has 3 heterocycles. The standard InChI is InChI=1S/C19H21FN4O3S/c1-11-21-19-24(22-11)17(25)16(28-19)15(12-3-5-14(20)6-4-12)23-9-7-13(8-10-23)18(26)27-2/h3-6,13,15,25H,7-10H2,1-2H3. The van der Waals surface area contributed by atoms with Crippen molar-refractivity contribution < 1.29 is 19.0 Å². The van der Waals surface area contributed by atoms with Crippen molar-refractivity contribution >= 4 is 22.3 Å². The SMILES string of the molecule is COC(=O)C1CCN(C(c2ccc(F)cc2)c2sc3nc(C)nn3c2O)CC1. The van der Waals surface area contributed by atoms with Gasteiger partial charge in [0.25, 0.3) is 0 Å². The molecule has 1 aromatic carbocycles. The highest BCUT2D eigenvalue weighted by Gasteiger charge is 2.34. The van der Waals surface area contributed by atoms with Gasteiger partial charge in [0, 0.05) is 0 Å². The second-order valence-electron chi connectivity index (χ2n) is 6.93. The molecule has 0 bridgehead atoms. The smallest absolute Gasteiger partial charge is 0.308 e. The molecule has 148 valence electrons. The van der Waals surface area contributed by atoms with E-state index in [0.29, 0.717) is 41.6 Å². The zero-order valence-electron chi connectivity index (χ0n) is 15.6. The van der Waals surface area contributed by atoms with E-state index >= 15 is 0 Å².